The minimum absolute atomic E-state index is 0.0486. The Balaban J connectivity index is 1.69. The largest absolute Gasteiger partial charge is 0.373 e. The standard InChI is InChI=1S/C20H29BrO4S/c1-16-10-12-19(13-11-16)26(22,23)25-15-7-6-14-24-20(17(2)21)18-8-4-3-5-9-18/h10-13,18,20H,2-9,14-15H2,1H3. The summed E-state index contributed by atoms with van der Waals surface area (Å²) in [6, 6.07) is 6.68. The van der Waals surface area contributed by atoms with E-state index in [4.69, 9.17) is 8.92 Å². The van der Waals surface area contributed by atoms with E-state index in [1.54, 1.807) is 24.3 Å². The van der Waals surface area contributed by atoms with Gasteiger partial charge in [-0.25, -0.2) is 0 Å². The number of benzene rings is 1. The number of unbranched alkanes of at least 4 members (excludes halogenated alkanes) is 1. The summed E-state index contributed by atoms with van der Waals surface area (Å²) in [6.07, 6.45) is 7.65. The second-order valence-corrected chi connectivity index (χ2v) is 9.57. The van der Waals surface area contributed by atoms with Gasteiger partial charge >= 0.3 is 0 Å². The Labute approximate surface area is 166 Å². The zero-order valence-corrected chi connectivity index (χ0v) is 17.9. The first-order valence-electron chi connectivity index (χ1n) is 9.32. The summed E-state index contributed by atoms with van der Waals surface area (Å²) in [5, 5.41) is 0. The quantitative estimate of drug-likeness (QED) is 0.360. The van der Waals surface area contributed by atoms with Crippen molar-refractivity contribution in [3.05, 3.63) is 40.9 Å². The molecule has 0 aliphatic heterocycles. The minimum atomic E-state index is -3.67. The molecule has 1 saturated carbocycles. The third-order valence-electron chi connectivity index (χ3n) is 4.77. The maximum absolute atomic E-state index is 12.1. The van der Waals surface area contributed by atoms with Crippen molar-refractivity contribution in [3.63, 3.8) is 0 Å². The Kier molecular flexibility index (Phi) is 8.80. The maximum atomic E-state index is 12.1. The van der Waals surface area contributed by atoms with E-state index in [-0.39, 0.29) is 17.6 Å². The molecule has 2 rings (SSSR count). The third kappa shape index (κ3) is 6.80. The van der Waals surface area contributed by atoms with Crippen molar-refractivity contribution >= 4 is 26.0 Å². The van der Waals surface area contributed by atoms with Gasteiger partial charge < -0.3 is 4.74 Å². The molecule has 1 aliphatic rings. The van der Waals surface area contributed by atoms with Crippen LogP contribution in [0.5, 0.6) is 0 Å². The minimum Gasteiger partial charge on any atom is -0.373 e. The Morgan fingerprint density at radius 2 is 1.77 bits per heavy atom. The van der Waals surface area contributed by atoms with Gasteiger partial charge in [-0.05, 0) is 50.7 Å². The molecular weight excluding hydrogens is 416 g/mol. The van der Waals surface area contributed by atoms with Crippen LogP contribution in [0.15, 0.2) is 40.2 Å². The molecule has 0 saturated heterocycles. The molecule has 0 radical (unpaired) electrons. The molecule has 1 aliphatic carbocycles. The number of ether oxygens (including phenoxy) is 1. The van der Waals surface area contributed by atoms with Crippen LogP contribution in [-0.4, -0.2) is 27.7 Å². The molecule has 4 nitrogen and oxygen atoms in total. The SMILES string of the molecule is C=C(Br)C(OCCCCOS(=O)(=O)c1ccc(C)cc1)C1CCCCC1. The molecule has 1 fully saturated rings. The van der Waals surface area contributed by atoms with E-state index < -0.39 is 10.1 Å². The third-order valence-corrected chi connectivity index (χ3v) is 6.55. The van der Waals surface area contributed by atoms with Gasteiger partial charge in [0.2, 0.25) is 0 Å². The lowest BCUT2D eigenvalue weighted by Crippen LogP contribution is -2.26. The zero-order valence-electron chi connectivity index (χ0n) is 15.5. The van der Waals surface area contributed by atoms with Crippen molar-refractivity contribution in [1.29, 1.82) is 0 Å². The van der Waals surface area contributed by atoms with E-state index in [0.29, 0.717) is 18.9 Å². The maximum Gasteiger partial charge on any atom is 0.296 e. The summed E-state index contributed by atoms with van der Waals surface area (Å²) in [7, 11) is -3.67. The van der Waals surface area contributed by atoms with Crippen molar-refractivity contribution in [3.8, 4) is 0 Å². The van der Waals surface area contributed by atoms with Crippen LogP contribution >= 0.6 is 15.9 Å². The second kappa shape index (κ2) is 10.6. The highest BCUT2D eigenvalue weighted by molar-refractivity contribution is 9.11. The molecular formula is C20H29BrO4S. The summed E-state index contributed by atoms with van der Waals surface area (Å²) >= 11 is 3.49. The van der Waals surface area contributed by atoms with Crippen LogP contribution in [0.4, 0.5) is 0 Å². The Morgan fingerprint density at radius 3 is 2.38 bits per heavy atom. The van der Waals surface area contributed by atoms with Crippen molar-refractivity contribution in [2.75, 3.05) is 13.2 Å². The van der Waals surface area contributed by atoms with Crippen LogP contribution in [0.1, 0.15) is 50.5 Å². The molecule has 0 spiro atoms. The Morgan fingerprint density at radius 1 is 1.15 bits per heavy atom. The highest BCUT2D eigenvalue weighted by atomic mass is 79.9. The van der Waals surface area contributed by atoms with Gasteiger partial charge in [-0.1, -0.05) is 59.5 Å². The molecule has 1 atom stereocenters. The average molecular weight is 445 g/mol. The molecule has 0 amide bonds. The predicted molar refractivity (Wildman–Crippen MR) is 108 cm³/mol. The lowest BCUT2D eigenvalue weighted by Gasteiger charge is -2.30. The zero-order chi connectivity index (χ0) is 19.0. The fourth-order valence-electron chi connectivity index (χ4n) is 3.28. The molecule has 1 aromatic carbocycles. The lowest BCUT2D eigenvalue weighted by atomic mass is 9.85. The van der Waals surface area contributed by atoms with E-state index in [9.17, 15) is 8.42 Å². The fraction of sp³-hybridized carbons (Fsp3) is 0.600. The van der Waals surface area contributed by atoms with E-state index >= 15 is 0 Å². The Hall–Kier alpha value is -0.690. The van der Waals surface area contributed by atoms with Gasteiger partial charge in [-0.15, -0.1) is 0 Å². The molecule has 0 bridgehead atoms. The van der Waals surface area contributed by atoms with Gasteiger partial charge in [-0.3, -0.25) is 4.18 Å². The van der Waals surface area contributed by atoms with Gasteiger partial charge in [0.25, 0.3) is 10.1 Å². The van der Waals surface area contributed by atoms with Crippen molar-refractivity contribution in [2.24, 2.45) is 5.92 Å². The molecule has 146 valence electrons. The van der Waals surface area contributed by atoms with Gasteiger partial charge in [0.1, 0.15) is 0 Å². The number of aryl methyl sites for hydroxylation is 1. The molecule has 1 aromatic rings. The molecule has 0 aromatic heterocycles. The van der Waals surface area contributed by atoms with Crippen molar-refractivity contribution in [1.82, 2.24) is 0 Å². The van der Waals surface area contributed by atoms with Crippen LogP contribution < -0.4 is 0 Å². The summed E-state index contributed by atoms with van der Waals surface area (Å²) < 4.78 is 36.3. The van der Waals surface area contributed by atoms with Gasteiger partial charge in [-0.2, -0.15) is 8.42 Å². The van der Waals surface area contributed by atoms with Crippen LogP contribution in [0, 0.1) is 12.8 Å². The van der Waals surface area contributed by atoms with E-state index in [2.05, 4.69) is 22.5 Å². The monoisotopic (exact) mass is 444 g/mol. The first-order valence-corrected chi connectivity index (χ1v) is 11.5. The highest BCUT2D eigenvalue weighted by Crippen LogP contribution is 2.32. The number of halogens is 1. The predicted octanol–water partition coefficient (Wildman–Crippen LogP) is 5.35. The summed E-state index contributed by atoms with van der Waals surface area (Å²) in [5.74, 6) is 0.536. The average Bonchev–Trinajstić information content (AvgIpc) is 2.62. The van der Waals surface area contributed by atoms with Crippen LogP contribution in [0.2, 0.25) is 0 Å². The van der Waals surface area contributed by atoms with E-state index in [0.717, 1.165) is 16.5 Å². The fourth-order valence-corrected chi connectivity index (χ4v) is 4.72. The number of hydrogen-bond acceptors (Lipinski definition) is 4. The van der Waals surface area contributed by atoms with Gasteiger partial charge in [0, 0.05) is 11.1 Å². The second-order valence-electron chi connectivity index (χ2n) is 6.93. The van der Waals surface area contributed by atoms with E-state index in [1.165, 1.54) is 32.1 Å². The van der Waals surface area contributed by atoms with Crippen molar-refractivity contribution < 1.29 is 17.3 Å². The van der Waals surface area contributed by atoms with Crippen LogP contribution in [-0.2, 0) is 19.0 Å². The van der Waals surface area contributed by atoms with Gasteiger partial charge in [0.05, 0.1) is 17.6 Å². The first kappa shape index (κ1) is 21.6. The summed E-state index contributed by atoms with van der Waals surface area (Å²) in [6.45, 7) is 6.67. The lowest BCUT2D eigenvalue weighted by molar-refractivity contribution is 0.0272. The summed E-state index contributed by atoms with van der Waals surface area (Å²) in [4.78, 5) is 0.201. The molecule has 26 heavy (non-hydrogen) atoms. The van der Waals surface area contributed by atoms with Crippen LogP contribution in [0.25, 0.3) is 0 Å². The smallest absolute Gasteiger partial charge is 0.296 e. The molecule has 0 N–H and O–H groups in total. The summed E-state index contributed by atoms with van der Waals surface area (Å²) in [5.41, 5.74) is 1.02. The Bertz CT molecular complexity index is 664. The van der Waals surface area contributed by atoms with Crippen molar-refractivity contribution in [2.45, 2.75) is 62.9 Å². The topological polar surface area (TPSA) is 52.6 Å². The molecule has 1 unspecified atom stereocenters. The number of hydrogen-bond donors (Lipinski definition) is 0. The normalized spacial score (nSPS) is 17.2. The van der Waals surface area contributed by atoms with E-state index in [1.807, 2.05) is 6.92 Å². The first-order chi connectivity index (χ1) is 12.4. The van der Waals surface area contributed by atoms with Gasteiger partial charge in [0.15, 0.2) is 0 Å². The van der Waals surface area contributed by atoms with Crippen LogP contribution in [0.3, 0.4) is 0 Å². The molecule has 6 heteroatoms. The highest BCUT2D eigenvalue weighted by Gasteiger charge is 2.25. The molecule has 0 heterocycles. The number of rotatable bonds is 10.